The number of rotatable bonds is 8. The Morgan fingerprint density at radius 2 is 1.67 bits per heavy atom. The van der Waals surface area contributed by atoms with Crippen LogP contribution in [0.15, 0.2) is 36.7 Å². The highest BCUT2D eigenvalue weighted by atomic mass is 32.2. The molecule has 1 aliphatic carbocycles. The van der Waals surface area contributed by atoms with Crippen molar-refractivity contribution in [2.24, 2.45) is 0 Å². The number of nitrogens with one attached hydrogen (secondary N) is 2. The number of nitrogens with zero attached hydrogens (tertiary/aromatic N) is 7. The number of ether oxygens (including phenoxy) is 1. The van der Waals surface area contributed by atoms with Crippen LogP contribution in [-0.2, 0) is 4.74 Å². The Kier molecular flexibility index (Phi) is 6.77. The molecule has 5 unspecified atom stereocenters. The van der Waals surface area contributed by atoms with Gasteiger partial charge in [-0.15, -0.1) is 0 Å². The summed E-state index contributed by atoms with van der Waals surface area (Å²) >= 11 is 2.23. The summed E-state index contributed by atoms with van der Waals surface area (Å²) in [7, 11) is 0. The first-order valence-corrected chi connectivity index (χ1v) is 18.0. The van der Waals surface area contributed by atoms with Gasteiger partial charge in [0.1, 0.15) is 6.10 Å². The fourth-order valence-electron chi connectivity index (χ4n) is 9.86. The quantitative estimate of drug-likeness (QED) is 0.406. The molecule has 42 heavy (non-hydrogen) atoms. The van der Waals surface area contributed by atoms with E-state index in [-0.39, 0.29) is 17.6 Å². The predicted molar refractivity (Wildman–Crippen MR) is 165 cm³/mol. The maximum Gasteiger partial charge on any atom is 0.194 e. The van der Waals surface area contributed by atoms with Crippen LogP contribution in [0.4, 0.5) is 0 Å². The highest BCUT2D eigenvalue weighted by Gasteiger charge is 2.86. The molecule has 1 saturated carbocycles. The van der Waals surface area contributed by atoms with Crippen molar-refractivity contribution in [1.82, 2.24) is 45.6 Å². The van der Waals surface area contributed by atoms with E-state index in [9.17, 15) is 0 Å². The van der Waals surface area contributed by atoms with E-state index in [4.69, 9.17) is 4.74 Å². The Morgan fingerprint density at radius 3 is 2.21 bits per heavy atom. The second-order valence-electron chi connectivity index (χ2n) is 13.6. The molecule has 10 nitrogen and oxygen atoms in total. The lowest BCUT2D eigenvalue weighted by Gasteiger charge is -2.66. The monoisotopic (exact) mass is 595 g/mol. The number of likely N-dealkylation sites (tertiary alicyclic amines) is 1. The summed E-state index contributed by atoms with van der Waals surface area (Å²) in [6.07, 6.45) is 25.4. The molecule has 5 atom stereocenters. The third-order valence-electron chi connectivity index (χ3n) is 11.7. The zero-order valence-electron chi connectivity index (χ0n) is 25.1. The van der Waals surface area contributed by atoms with Crippen LogP contribution in [0.1, 0.15) is 57.8 Å². The van der Waals surface area contributed by atoms with Crippen LogP contribution in [0.3, 0.4) is 0 Å². The van der Waals surface area contributed by atoms with E-state index in [2.05, 4.69) is 94.1 Å². The topological polar surface area (TPSA) is 56.0 Å². The third kappa shape index (κ3) is 3.35. The van der Waals surface area contributed by atoms with Gasteiger partial charge in [0.05, 0.1) is 0 Å². The molecular formula is C31H49N9OS. The molecule has 230 valence electrons. The molecule has 0 bridgehead atoms. The van der Waals surface area contributed by atoms with Gasteiger partial charge in [0, 0.05) is 82.9 Å². The van der Waals surface area contributed by atoms with Crippen molar-refractivity contribution in [1.29, 1.82) is 0 Å². The summed E-state index contributed by atoms with van der Waals surface area (Å²) in [5.41, 5.74) is 7.53. The van der Waals surface area contributed by atoms with Crippen LogP contribution >= 0.6 is 11.8 Å². The average Bonchev–Trinajstić information content (AvgIpc) is 3.73. The third-order valence-corrected chi connectivity index (χ3v) is 13.2. The molecule has 8 heterocycles. The summed E-state index contributed by atoms with van der Waals surface area (Å²) in [5, 5.41) is 8.65. The lowest BCUT2D eigenvalue weighted by Crippen LogP contribution is -2.86. The van der Waals surface area contributed by atoms with E-state index in [0.29, 0.717) is 11.3 Å². The lowest BCUT2D eigenvalue weighted by atomic mass is 9.84. The van der Waals surface area contributed by atoms with Crippen LogP contribution in [0, 0.1) is 0 Å². The first-order valence-electron chi connectivity index (χ1n) is 17.0. The maximum atomic E-state index is 6.83. The Morgan fingerprint density at radius 1 is 0.833 bits per heavy atom. The van der Waals surface area contributed by atoms with Crippen molar-refractivity contribution in [2.75, 3.05) is 64.7 Å². The van der Waals surface area contributed by atoms with Gasteiger partial charge in [-0.3, -0.25) is 9.80 Å². The van der Waals surface area contributed by atoms with Gasteiger partial charge in [-0.25, -0.2) is 10.3 Å². The summed E-state index contributed by atoms with van der Waals surface area (Å²) in [5.74, 6) is 0.415. The summed E-state index contributed by atoms with van der Waals surface area (Å²) in [6.45, 7) is 9.18. The SMILES string of the molecule is C1=CN(C2(N3CC=CC3)N(C3CCC3)C(C3CCO3)(N3CC=CN3)N(N3CCCN3)C2(C2CCS2)N2CCCC2)CC1. The van der Waals surface area contributed by atoms with Gasteiger partial charge >= 0.3 is 0 Å². The van der Waals surface area contributed by atoms with E-state index >= 15 is 0 Å². The molecule has 11 heteroatoms. The van der Waals surface area contributed by atoms with Crippen molar-refractivity contribution < 1.29 is 4.74 Å². The van der Waals surface area contributed by atoms with Crippen molar-refractivity contribution in [3.63, 3.8) is 0 Å². The minimum atomic E-state index is -0.484. The van der Waals surface area contributed by atoms with Crippen molar-refractivity contribution in [3.05, 3.63) is 36.7 Å². The Balaban J connectivity index is 1.40. The summed E-state index contributed by atoms with van der Waals surface area (Å²) in [4.78, 5) is 11.8. The first kappa shape index (κ1) is 27.2. The van der Waals surface area contributed by atoms with Crippen LogP contribution < -0.4 is 10.9 Å². The molecule has 9 rings (SSSR count). The van der Waals surface area contributed by atoms with Crippen LogP contribution in [0.2, 0.25) is 0 Å². The zero-order chi connectivity index (χ0) is 27.8. The van der Waals surface area contributed by atoms with Crippen molar-refractivity contribution >= 4 is 11.8 Å². The van der Waals surface area contributed by atoms with Gasteiger partial charge < -0.3 is 15.1 Å². The fraction of sp³-hybridized carbons (Fsp3) is 0.806. The smallest absolute Gasteiger partial charge is 0.194 e. The lowest BCUT2D eigenvalue weighted by molar-refractivity contribution is -0.332. The largest absolute Gasteiger partial charge is 0.373 e. The van der Waals surface area contributed by atoms with E-state index in [1.807, 2.05) is 0 Å². The Hall–Kier alpha value is -1.15. The molecule has 6 fully saturated rings. The number of hydrogen-bond acceptors (Lipinski definition) is 11. The molecule has 0 aromatic carbocycles. The molecule has 0 amide bonds. The number of hydrazine groups is 3. The minimum absolute atomic E-state index is 0.0870. The molecule has 0 aromatic rings. The van der Waals surface area contributed by atoms with Crippen molar-refractivity contribution in [3.8, 4) is 0 Å². The van der Waals surface area contributed by atoms with Gasteiger partial charge in [0.15, 0.2) is 17.2 Å². The van der Waals surface area contributed by atoms with Gasteiger partial charge in [0.2, 0.25) is 0 Å². The van der Waals surface area contributed by atoms with Gasteiger partial charge in [0.25, 0.3) is 0 Å². The fourth-order valence-corrected chi connectivity index (χ4v) is 11.0. The molecule has 0 radical (unpaired) electrons. The van der Waals surface area contributed by atoms with Crippen LogP contribution in [-0.4, -0.2) is 134 Å². The minimum Gasteiger partial charge on any atom is -0.373 e. The van der Waals surface area contributed by atoms with E-state index < -0.39 is 5.79 Å². The standard InChI is InChI=1S/C31H49N9OS/c1-2-17-34(16-1)29(28-13-25-42-28)31(35-18-3-4-19-35,36-20-5-6-21-36)39(26-10-7-11-26)30(27-12-24-41-27,37-22-8-14-32-37)40(29)38-23-9-15-33-38/h3-5,8,14,20,26-28,32-33H,1-2,6-7,9-13,15-19,21-25H2. The zero-order valence-corrected chi connectivity index (χ0v) is 25.9. The molecule has 0 spiro atoms. The van der Waals surface area contributed by atoms with E-state index in [1.165, 1.54) is 50.7 Å². The molecule has 0 aromatic heterocycles. The summed E-state index contributed by atoms with van der Waals surface area (Å²) in [6, 6.07) is 0.492. The van der Waals surface area contributed by atoms with Crippen molar-refractivity contribution in [2.45, 2.75) is 92.4 Å². The summed E-state index contributed by atoms with van der Waals surface area (Å²) < 4.78 is 6.83. The van der Waals surface area contributed by atoms with Crippen LogP contribution in [0.25, 0.3) is 0 Å². The van der Waals surface area contributed by atoms with E-state index in [1.54, 1.807) is 0 Å². The first-order chi connectivity index (χ1) is 20.8. The highest BCUT2D eigenvalue weighted by molar-refractivity contribution is 8.01. The van der Waals surface area contributed by atoms with Gasteiger partial charge in [-0.05, 0) is 56.9 Å². The molecule has 2 N–H and O–H groups in total. The highest BCUT2D eigenvalue weighted by Crippen LogP contribution is 2.66. The molecule has 8 aliphatic heterocycles. The normalized spacial score (nSPS) is 44.0. The average molecular weight is 596 g/mol. The Bertz CT molecular complexity index is 1100. The maximum absolute atomic E-state index is 6.83. The molecular weight excluding hydrogens is 546 g/mol. The second kappa shape index (κ2) is 10.5. The van der Waals surface area contributed by atoms with Crippen LogP contribution in [0.5, 0.6) is 0 Å². The van der Waals surface area contributed by atoms with Gasteiger partial charge in [-0.1, -0.05) is 30.7 Å². The second-order valence-corrected chi connectivity index (χ2v) is 14.9. The molecule has 9 aliphatic rings. The predicted octanol–water partition coefficient (Wildman–Crippen LogP) is 2.10. The molecule has 5 saturated heterocycles. The van der Waals surface area contributed by atoms with E-state index in [0.717, 1.165) is 71.8 Å². The van der Waals surface area contributed by atoms with Gasteiger partial charge in [-0.2, -0.15) is 26.9 Å². The number of thioether (sulfide) groups is 1. The number of hydrogen-bond donors (Lipinski definition) is 2. The Labute approximate surface area is 255 Å².